The Morgan fingerprint density at radius 2 is 2.21 bits per heavy atom. The molecule has 0 radical (unpaired) electrons. The smallest absolute Gasteiger partial charge is 0.273 e. The molecule has 6 nitrogen and oxygen atoms in total. The molecule has 28 heavy (non-hydrogen) atoms. The molecule has 0 N–H and O–H groups in total. The third kappa shape index (κ3) is 5.98. The van der Waals surface area contributed by atoms with Crippen molar-refractivity contribution in [1.82, 2.24) is 14.6 Å². The van der Waals surface area contributed by atoms with Crippen molar-refractivity contribution in [2.45, 2.75) is 57.8 Å². The molecule has 1 saturated carbocycles. The van der Waals surface area contributed by atoms with Gasteiger partial charge in [0, 0.05) is 45.6 Å². The Hall–Kier alpha value is -1.54. The molecule has 0 saturated heterocycles. The lowest BCUT2D eigenvalue weighted by Gasteiger charge is -2.31. The SMILES string of the molecule is CCOCCC(C)c1ncc(C(=O)N(C)CC2CCC(F)(F)CC2)n1/N=C/Cl. The maximum absolute atomic E-state index is 13.3. The normalized spacial score (nSPS) is 18.5. The van der Waals surface area contributed by atoms with E-state index in [1.165, 1.54) is 10.9 Å². The van der Waals surface area contributed by atoms with Crippen LogP contribution in [-0.4, -0.2) is 58.9 Å². The van der Waals surface area contributed by atoms with E-state index in [1.54, 1.807) is 11.9 Å². The molecule has 1 fully saturated rings. The predicted molar refractivity (Wildman–Crippen MR) is 105 cm³/mol. The molecule has 1 aromatic heterocycles. The third-order valence-electron chi connectivity index (χ3n) is 5.20. The molecule has 1 aromatic rings. The van der Waals surface area contributed by atoms with E-state index in [0.29, 0.717) is 44.1 Å². The zero-order valence-corrected chi connectivity index (χ0v) is 17.5. The van der Waals surface area contributed by atoms with Gasteiger partial charge in [0.05, 0.1) is 6.20 Å². The summed E-state index contributed by atoms with van der Waals surface area (Å²) in [7, 11) is 1.68. The zero-order valence-electron chi connectivity index (χ0n) is 16.7. The number of ether oxygens (including phenoxy) is 1. The van der Waals surface area contributed by atoms with Crippen molar-refractivity contribution >= 4 is 23.2 Å². The lowest BCUT2D eigenvalue weighted by molar-refractivity contribution is -0.0475. The minimum atomic E-state index is -2.57. The van der Waals surface area contributed by atoms with Crippen molar-refractivity contribution < 1.29 is 18.3 Å². The molecule has 9 heteroatoms. The fourth-order valence-corrected chi connectivity index (χ4v) is 3.58. The van der Waals surface area contributed by atoms with Crippen molar-refractivity contribution in [3.8, 4) is 0 Å². The van der Waals surface area contributed by atoms with E-state index in [-0.39, 0.29) is 30.6 Å². The van der Waals surface area contributed by atoms with Crippen LogP contribution in [0.4, 0.5) is 8.78 Å². The van der Waals surface area contributed by atoms with Gasteiger partial charge in [0.25, 0.3) is 5.91 Å². The topological polar surface area (TPSA) is 59.7 Å². The van der Waals surface area contributed by atoms with E-state index >= 15 is 0 Å². The summed E-state index contributed by atoms with van der Waals surface area (Å²) in [5, 5.41) is 4.09. The molecule has 158 valence electrons. The second-order valence-corrected chi connectivity index (χ2v) is 7.59. The molecule has 1 aliphatic carbocycles. The number of rotatable bonds is 9. The number of alkyl halides is 2. The first-order valence-electron chi connectivity index (χ1n) is 9.70. The maximum atomic E-state index is 13.3. The van der Waals surface area contributed by atoms with E-state index < -0.39 is 5.92 Å². The summed E-state index contributed by atoms with van der Waals surface area (Å²) in [6.07, 6.45) is 2.84. The molecule has 0 aliphatic heterocycles. The van der Waals surface area contributed by atoms with E-state index in [9.17, 15) is 13.6 Å². The first kappa shape index (κ1) is 22.7. The number of nitrogens with zero attached hydrogens (tertiary/aromatic N) is 4. The van der Waals surface area contributed by atoms with Crippen LogP contribution < -0.4 is 0 Å². The number of carbonyl (C=O) groups excluding carboxylic acids is 1. The Kier molecular flexibility index (Phi) is 8.37. The quantitative estimate of drug-likeness (QED) is 0.442. The maximum Gasteiger partial charge on any atom is 0.273 e. The summed E-state index contributed by atoms with van der Waals surface area (Å²) in [4.78, 5) is 18.8. The standard InChI is InChI=1S/C19H29ClF2N4O2/c1-4-28-10-7-14(2)17-23-11-16(26(17)24-13-20)18(27)25(3)12-15-5-8-19(21,22)9-6-15/h11,13-15H,4-10,12H2,1-3H3/b24-13+. The van der Waals surface area contributed by atoms with Crippen molar-refractivity contribution in [2.24, 2.45) is 11.0 Å². The van der Waals surface area contributed by atoms with E-state index in [4.69, 9.17) is 16.3 Å². The monoisotopic (exact) mass is 418 g/mol. The first-order valence-corrected chi connectivity index (χ1v) is 10.1. The fourth-order valence-electron chi connectivity index (χ4n) is 3.49. The molecule has 1 aliphatic rings. The van der Waals surface area contributed by atoms with Gasteiger partial charge < -0.3 is 9.64 Å². The Balaban J connectivity index is 2.07. The Morgan fingerprint density at radius 1 is 1.54 bits per heavy atom. The van der Waals surface area contributed by atoms with E-state index in [1.807, 2.05) is 13.8 Å². The van der Waals surface area contributed by atoms with Crippen LogP contribution in [0.2, 0.25) is 0 Å². The highest BCUT2D eigenvalue weighted by molar-refractivity contribution is 6.56. The van der Waals surface area contributed by atoms with Gasteiger partial charge in [-0.15, -0.1) is 0 Å². The molecular weight excluding hydrogens is 390 g/mol. The van der Waals surface area contributed by atoms with Crippen molar-refractivity contribution in [2.75, 3.05) is 26.8 Å². The summed E-state index contributed by atoms with van der Waals surface area (Å²) >= 11 is 5.67. The molecule has 2 rings (SSSR count). The van der Waals surface area contributed by atoms with Gasteiger partial charge in [0.1, 0.15) is 17.2 Å². The minimum Gasteiger partial charge on any atom is -0.382 e. The molecule has 1 atom stereocenters. The molecule has 1 heterocycles. The minimum absolute atomic E-state index is 0.0272. The molecule has 0 bridgehead atoms. The van der Waals surface area contributed by atoms with Crippen molar-refractivity contribution in [1.29, 1.82) is 0 Å². The van der Waals surface area contributed by atoms with Gasteiger partial charge in [-0.2, -0.15) is 5.10 Å². The zero-order chi connectivity index (χ0) is 20.7. The summed E-state index contributed by atoms with van der Waals surface area (Å²) in [5.74, 6) is -2.09. The average Bonchev–Trinajstić information content (AvgIpc) is 3.07. The highest BCUT2D eigenvalue weighted by Crippen LogP contribution is 2.36. The van der Waals surface area contributed by atoms with Gasteiger partial charge >= 0.3 is 0 Å². The van der Waals surface area contributed by atoms with Crippen LogP contribution in [0.3, 0.4) is 0 Å². The average molecular weight is 419 g/mol. The van der Waals surface area contributed by atoms with Crippen LogP contribution in [-0.2, 0) is 4.74 Å². The number of imidazole rings is 1. The van der Waals surface area contributed by atoms with Crippen LogP contribution in [0.15, 0.2) is 11.3 Å². The number of halogens is 3. The van der Waals surface area contributed by atoms with Gasteiger partial charge in [-0.25, -0.2) is 18.4 Å². The van der Waals surface area contributed by atoms with Crippen LogP contribution in [0, 0.1) is 5.92 Å². The number of amides is 1. The van der Waals surface area contributed by atoms with Crippen LogP contribution in [0.5, 0.6) is 0 Å². The Bertz CT molecular complexity index is 671. The van der Waals surface area contributed by atoms with Crippen molar-refractivity contribution in [3.63, 3.8) is 0 Å². The Morgan fingerprint density at radius 3 is 2.82 bits per heavy atom. The fraction of sp³-hybridized carbons (Fsp3) is 0.737. The summed E-state index contributed by atoms with van der Waals surface area (Å²) in [5.41, 5.74) is 1.40. The van der Waals surface area contributed by atoms with Gasteiger partial charge in [0.15, 0.2) is 0 Å². The van der Waals surface area contributed by atoms with Gasteiger partial charge in [-0.05, 0) is 32.1 Å². The van der Waals surface area contributed by atoms with E-state index in [0.717, 1.165) is 12.1 Å². The summed E-state index contributed by atoms with van der Waals surface area (Å²) in [6.45, 7) is 5.58. The number of hydrogen-bond acceptors (Lipinski definition) is 4. The molecule has 1 amide bonds. The number of aromatic nitrogens is 2. The van der Waals surface area contributed by atoms with E-state index in [2.05, 4.69) is 10.1 Å². The van der Waals surface area contributed by atoms with Crippen LogP contribution in [0.25, 0.3) is 0 Å². The first-order chi connectivity index (χ1) is 13.3. The summed E-state index contributed by atoms with van der Waals surface area (Å²) in [6, 6.07) is 0. The largest absolute Gasteiger partial charge is 0.382 e. The molecule has 0 aromatic carbocycles. The molecule has 1 unspecified atom stereocenters. The second kappa shape index (κ2) is 10.3. The highest BCUT2D eigenvalue weighted by Gasteiger charge is 2.35. The number of carbonyl (C=O) groups is 1. The van der Waals surface area contributed by atoms with Gasteiger partial charge in [0.2, 0.25) is 5.92 Å². The highest BCUT2D eigenvalue weighted by atomic mass is 35.5. The predicted octanol–water partition coefficient (Wildman–Crippen LogP) is 4.34. The van der Waals surface area contributed by atoms with Crippen LogP contribution >= 0.6 is 11.6 Å². The van der Waals surface area contributed by atoms with Gasteiger partial charge in [-0.3, -0.25) is 4.79 Å². The molecular formula is C19H29ClF2N4O2. The second-order valence-electron chi connectivity index (χ2n) is 7.40. The van der Waals surface area contributed by atoms with Crippen molar-refractivity contribution in [3.05, 3.63) is 17.7 Å². The third-order valence-corrected chi connectivity index (χ3v) is 5.29. The summed E-state index contributed by atoms with van der Waals surface area (Å²) < 4.78 is 33.5. The Labute approximate surface area is 169 Å². The van der Waals surface area contributed by atoms with Crippen LogP contribution in [0.1, 0.15) is 68.2 Å². The lowest BCUT2D eigenvalue weighted by Crippen LogP contribution is -2.36. The molecule has 0 spiro atoms. The lowest BCUT2D eigenvalue weighted by atomic mass is 9.86. The number of hydrogen-bond donors (Lipinski definition) is 0. The van der Waals surface area contributed by atoms with Gasteiger partial charge in [-0.1, -0.05) is 18.5 Å².